The van der Waals surface area contributed by atoms with E-state index in [4.69, 9.17) is 21.4 Å². The molecule has 0 N–H and O–H groups in total. The Hall–Kier alpha value is -1.58. The van der Waals surface area contributed by atoms with E-state index in [1.807, 2.05) is 12.1 Å². The summed E-state index contributed by atoms with van der Waals surface area (Å²) in [5, 5.41) is 0. The summed E-state index contributed by atoms with van der Waals surface area (Å²) in [6, 6.07) is 13.0. The Morgan fingerprint density at radius 1 is 1.03 bits per heavy atom. The normalized spacial score (nSPS) is 15.1. The van der Waals surface area contributed by atoms with Crippen molar-refractivity contribution in [2.24, 2.45) is 0 Å². The topological polar surface area (TPSA) is 59.8 Å². The number of nitrogens with zero attached hydrogens (tertiary/aromatic N) is 1. The number of thiocarbonyl (C=S) groups is 1. The summed E-state index contributed by atoms with van der Waals surface area (Å²) < 4.78 is 17.4. The zero-order valence-electron chi connectivity index (χ0n) is 23.2. The number of carbonyl (C=O) groups excluding carboxylic acids is 2. The van der Waals surface area contributed by atoms with Gasteiger partial charge in [0, 0.05) is 0 Å². The number of carbonyl (C=O) groups is 2. The Morgan fingerprint density at radius 3 is 2.29 bits per heavy atom. The first-order chi connectivity index (χ1) is 18.4. The van der Waals surface area contributed by atoms with E-state index in [2.05, 4.69) is 45.0 Å². The van der Waals surface area contributed by atoms with Gasteiger partial charge in [0.05, 0.1) is 6.61 Å². The van der Waals surface area contributed by atoms with Gasteiger partial charge in [0.2, 0.25) is 0 Å². The molecule has 1 aromatic carbocycles. The Morgan fingerprint density at radius 2 is 1.68 bits per heavy atom. The molecule has 1 aliphatic heterocycles. The monoisotopic (exact) mass is 663 g/mol. The molecule has 0 aliphatic carbocycles. The van der Waals surface area contributed by atoms with Crippen LogP contribution in [0.5, 0.6) is 0 Å². The number of rotatable bonds is 15. The fourth-order valence-electron chi connectivity index (χ4n) is 5.04. The average Bonchev–Trinajstić information content (AvgIpc) is 3.49. The molecule has 0 saturated carbocycles. The van der Waals surface area contributed by atoms with Crippen molar-refractivity contribution >= 4 is 68.2 Å². The van der Waals surface area contributed by atoms with Crippen molar-refractivity contribution in [2.45, 2.75) is 79.5 Å². The van der Waals surface area contributed by atoms with E-state index in [-0.39, 0.29) is 19.1 Å². The molecule has 1 aromatic heterocycles. The fraction of sp³-hybridized carbons (Fsp3) is 0.500. The van der Waals surface area contributed by atoms with Gasteiger partial charge < -0.3 is 4.74 Å². The van der Waals surface area contributed by atoms with Crippen LogP contribution in [0.2, 0.25) is 13.3 Å². The predicted molar refractivity (Wildman–Crippen MR) is 165 cm³/mol. The van der Waals surface area contributed by atoms with Crippen LogP contribution in [-0.4, -0.2) is 52.6 Å². The predicted octanol–water partition coefficient (Wildman–Crippen LogP) is 7.77. The summed E-state index contributed by atoms with van der Waals surface area (Å²) in [6.45, 7) is 8.75. The van der Waals surface area contributed by atoms with Crippen molar-refractivity contribution in [3.05, 3.63) is 47.1 Å². The van der Waals surface area contributed by atoms with Gasteiger partial charge in [0.15, 0.2) is 0 Å². The SMILES string of the molecule is CCC[CH2][Sn]([CH2]CCC)([CH2]CCC)[c]1cccc(-c2ccc(C=C3SC(=S)N(CC(=O)OCC)C3=O)o2)c1. The molecule has 0 unspecified atom stereocenters. The third kappa shape index (κ3) is 7.98. The maximum absolute atomic E-state index is 12.9. The van der Waals surface area contributed by atoms with Crippen LogP contribution in [0.15, 0.2) is 45.7 Å². The summed E-state index contributed by atoms with van der Waals surface area (Å²) in [4.78, 5) is 26.5. The molecule has 0 spiro atoms. The number of unbranched alkanes of at least 4 members (excludes halogenated alkanes) is 3. The van der Waals surface area contributed by atoms with E-state index >= 15 is 0 Å². The third-order valence-corrected chi connectivity index (χ3v) is 24.1. The van der Waals surface area contributed by atoms with E-state index in [0.717, 1.165) is 11.3 Å². The van der Waals surface area contributed by atoms with Gasteiger partial charge in [-0.3, -0.25) is 4.79 Å². The molecule has 0 radical (unpaired) electrons. The van der Waals surface area contributed by atoms with Crippen LogP contribution < -0.4 is 3.58 Å². The van der Waals surface area contributed by atoms with Crippen molar-refractivity contribution in [3.8, 4) is 11.3 Å². The molecular weight excluding hydrogens is 621 g/mol. The molecule has 8 heteroatoms. The van der Waals surface area contributed by atoms with Crippen molar-refractivity contribution in [2.75, 3.05) is 13.2 Å². The molecule has 206 valence electrons. The first-order valence-electron chi connectivity index (χ1n) is 14.0. The van der Waals surface area contributed by atoms with Crippen LogP contribution in [-0.2, 0) is 14.3 Å². The van der Waals surface area contributed by atoms with Crippen LogP contribution in [0.3, 0.4) is 0 Å². The summed E-state index contributed by atoms with van der Waals surface area (Å²) in [6.07, 6.45) is 9.45. The van der Waals surface area contributed by atoms with Crippen LogP contribution in [0, 0.1) is 0 Å². The van der Waals surface area contributed by atoms with Crippen molar-refractivity contribution in [1.82, 2.24) is 4.90 Å². The summed E-state index contributed by atoms with van der Waals surface area (Å²) in [5.74, 6) is 0.639. The number of ether oxygens (including phenoxy) is 1. The number of amides is 1. The number of furan rings is 1. The van der Waals surface area contributed by atoms with Crippen LogP contribution in [0.25, 0.3) is 17.4 Å². The molecule has 3 rings (SSSR count). The second-order valence-corrected chi connectivity index (χ2v) is 24.9. The molecule has 1 fully saturated rings. The van der Waals surface area contributed by atoms with Gasteiger partial charge in [-0.1, -0.05) is 0 Å². The molecule has 5 nitrogen and oxygen atoms in total. The van der Waals surface area contributed by atoms with Crippen molar-refractivity contribution in [1.29, 1.82) is 0 Å². The number of benzene rings is 1. The van der Waals surface area contributed by atoms with Gasteiger partial charge in [-0.25, -0.2) is 0 Å². The van der Waals surface area contributed by atoms with E-state index in [0.29, 0.717) is 15.0 Å². The van der Waals surface area contributed by atoms with Gasteiger partial charge in [0.1, 0.15) is 0 Å². The first kappa shape index (κ1) is 31.0. The molecule has 1 aliphatic rings. The molecule has 2 heterocycles. The Balaban J connectivity index is 1.85. The number of hydrogen-bond donors (Lipinski definition) is 0. The second-order valence-electron chi connectivity index (χ2n) is 9.95. The third-order valence-electron chi connectivity index (χ3n) is 7.15. The number of hydrogen-bond acceptors (Lipinski definition) is 6. The molecule has 2 aromatic rings. The van der Waals surface area contributed by atoms with E-state index < -0.39 is 24.3 Å². The molecule has 1 saturated heterocycles. The molecule has 0 atom stereocenters. The first-order valence-corrected chi connectivity index (χ1v) is 22.7. The number of thioether (sulfide) groups is 1. The van der Waals surface area contributed by atoms with Gasteiger partial charge in [0.25, 0.3) is 0 Å². The zero-order valence-corrected chi connectivity index (χ0v) is 27.7. The zero-order chi connectivity index (χ0) is 27.5. The van der Waals surface area contributed by atoms with Crippen LogP contribution in [0.1, 0.15) is 72.0 Å². The standard InChI is InChI=1S/C18H14NO4S2.3C4H9.Sn/c1-2-22-16(20)11-19-17(21)15(25-18(19)24)10-13-8-9-14(23-13)12-6-4-3-5-7-12;3*1-3-4-2;/h3-4,6-10H,2,11H2,1H3;3*1,3-4H2,2H3;. The molecule has 38 heavy (non-hydrogen) atoms. The van der Waals surface area contributed by atoms with Crippen LogP contribution >= 0.6 is 24.0 Å². The van der Waals surface area contributed by atoms with Gasteiger partial charge in [-0.15, -0.1) is 0 Å². The Bertz CT molecular complexity index is 1120. The number of esters is 1. The summed E-state index contributed by atoms with van der Waals surface area (Å²) in [7, 11) is 0. The Kier molecular flexibility index (Phi) is 12.4. The fourth-order valence-corrected chi connectivity index (χ4v) is 22.3. The summed E-state index contributed by atoms with van der Waals surface area (Å²) >= 11 is 3.95. The molecule has 1 amide bonds. The van der Waals surface area contributed by atoms with E-state index in [1.54, 1.807) is 16.6 Å². The van der Waals surface area contributed by atoms with Gasteiger partial charge in [-0.2, -0.15) is 0 Å². The maximum atomic E-state index is 12.9. The minimum atomic E-state index is -2.56. The summed E-state index contributed by atoms with van der Waals surface area (Å²) in [5.41, 5.74) is 1.10. The second kappa shape index (κ2) is 15.3. The van der Waals surface area contributed by atoms with E-state index in [1.165, 1.54) is 68.5 Å². The van der Waals surface area contributed by atoms with Crippen molar-refractivity contribution in [3.63, 3.8) is 0 Å². The molecular formula is C30H41NO4S2Sn. The Labute approximate surface area is 241 Å². The van der Waals surface area contributed by atoms with Gasteiger partial charge >= 0.3 is 220 Å². The average molecular weight is 663 g/mol. The van der Waals surface area contributed by atoms with E-state index in [9.17, 15) is 9.59 Å². The molecule has 0 bridgehead atoms. The quantitative estimate of drug-likeness (QED) is 0.0841. The minimum absolute atomic E-state index is 0.173. The van der Waals surface area contributed by atoms with Crippen molar-refractivity contribution < 1.29 is 18.7 Å². The van der Waals surface area contributed by atoms with Gasteiger partial charge in [-0.05, 0) is 6.92 Å². The van der Waals surface area contributed by atoms with Crippen LogP contribution in [0.4, 0.5) is 0 Å².